The number of carbonyl (C=O) groups excluding carboxylic acids is 1. The van der Waals surface area contributed by atoms with E-state index in [1.54, 1.807) is 13.2 Å². The summed E-state index contributed by atoms with van der Waals surface area (Å²) in [4.78, 5) is 16.9. The SMILES string of the molecule is COc1ccc(C2=CC(=O)N3C=C(N4CC[C@H](N)C4)C=CC3P2)cc1C. The van der Waals surface area contributed by atoms with Crippen LogP contribution in [0.3, 0.4) is 0 Å². The number of methoxy groups -OCH3 is 1. The summed E-state index contributed by atoms with van der Waals surface area (Å²) in [5, 5.41) is 1.10. The smallest absolute Gasteiger partial charge is 0.252 e. The van der Waals surface area contributed by atoms with Crippen LogP contribution in [0.2, 0.25) is 0 Å². The second kappa shape index (κ2) is 6.90. The van der Waals surface area contributed by atoms with Crippen LogP contribution < -0.4 is 10.5 Å². The Kier molecular flexibility index (Phi) is 4.60. The van der Waals surface area contributed by atoms with Gasteiger partial charge in [0.25, 0.3) is 5.91 Å². The molecule has 3 aliphatic rings. The number of fused-ring (bicyclic) bond motifs is 1. The van der Waals surface area contributed by atoms with Crippen LogP contribution in [0.4, 0.5) is 0 Å². The average Bonchev–Trinajstić information content (AvgIpc) is 3.07. The molecule has 0 saturated carbocycles. The number of hydrogen-bond acceptors (Lipinski definition) is 4. The second-order valence-electron chi connectivity index (χ2n) is 6.98. The van der Waals surface area contributed by atoms with E-state index in [0.717, 1.165) is 47.4 Å². The fraction of sp³-hybridized carbons (Fsp3) is 0.350. The predicted octanol–water partition coefficient (Wildman–Crippen LogP) is 2.64. The van der Waals surface area contributed by atoms with Crippen molar-refractivity contribution < 1.29 is 9.53 Å². The minimum absolute atomic E-state index is 0.0440. The number of nitrogens with two attached hydrogens (primary N) is 1. The molecule has 1 aromatic rings. The number of allylic oxidation sites excluding steroid dienone is 1. The Balaban J connectivity index is 1.57. The molecule has 3 heterocycles. The molecule has 3 atom stereocenters. The number of ether oxygens (including phenoxy) is 1. The summed E-state index contributed by atoms with van der Waals surface area (Å²) in [7, 11) is 2.20. The Morgan fingerprint density at radius 3 is 2.88 bits per heavy atom. The third-order valence-electron chi connectivity index (χ3n) is 5.14. The lowest BCUT2D eigenvalue weighted by Gasteiger charge is -2.35. The van der Waals surface area contributed by atoms with E-state index < -0.39 is 0 Å². The predicted molar refractivity (Wildman–Crippen MR) is 106 cm³/mol. The van der Waals surface area contributed by atoms with Gasteiger partial charge in [0.1, 0.15) is 5.75 Å². The Bertz CT molecular complexity index is 830. The van der Waals surface area contributed by atoms with E-state index >= 15 is 0 Å². The van der Waals surface area contributed by atoms with Gasteiger partial charge >= 0.3 is 0 Å². The van der Waals surface area contributed by atoms with Gasteiger partial charge in [0.05, 0.1) is 18.6 Å². The zero-order valence-electron chi connectivity index (χ0n) is 15.1. The van der Waals surface area contributed by atoms with Crippen molar-refractivity contribution in [3.05, 3.63) is 59.5 Å². The van der Waals surface area contributed by atoms with E-state index in [-0.39, 0.29) is 17.7 Å². The number of carbonyl (C=O) groups is 1. The van der Waals surface area contributed by atoms with Crippen molar-refractivity contribution in [1.82, 2.24) is 9.80 Å². The standard InChI is InChI=1S/C20H24N3O2P/c1-13-9-14(3-5-17(13)25-2)18-10-19(24)23-12-16(4-6-20(23)26-18)22-8-7-15(21)11-22/h3-6,9-10,12,15,20,26H,7-8,11,21H2,1-2H3/t15-,20?/m0/s1. The first-order chi connectivity index (χ1) is 12.5. The molecule has 4 rings (SSSR count). The van der Waals surface area contributed by atoms with Crippen LogP contribution in [0.25, 0.3) is 5.31 Å². The van der Waals surface area contributed by atoms with Crippen LogP contribution in [0, 0.1) is 6.92 Å². The molecule has 1 saturated heterocycles. The van der Waals surface area contributed by atoms with Crippen LogP contribution in [-0.4, -0.2) is 47.7 Å². The first-order valence-electron chi connectivity index (χ1n) is 8.91. The van der Waals surface area contributed by atoms with E-state index in [4.69, 9.17) is 10.5 Å². The van der Waals surface area contributed by atoms with Gasteiger partial charge in [-0.25, -0.2) is 0 Å². The number of hydrogen-bond donors (Lipinski definition) is 1. The van der Waals surface area contributed by atoms with Crippen molar-refractivity contribution >= 4 is 19.8 Å². The lowest BCUT2D eigenvalue weighted by Crippen LogP contribution is -2.37. The van der Waals surface area contributed by atoms with Gasteiger partial charge in [0.15, 0.2) is 0 Å². The first-order valence-corrected chi connectivity index (χ1v) is 9.99. The number of amides is 1. The summed E-state index contributed by atoms with van der Waals surface area (Å²) in [5.74, 6) is 1.02. The molecule has 0 aromatic heterocycles. The average molecular weight is 369 g/mol. The molecule has 2 unspecified atom stereocenters. The maximum atomic E-state index is 12.8. The number of rotatable bonds is 3. The maximum Gasteiger partial charge on any atom is 0.252 e. The van der Waals surface area contributed by atoms with E-state index in [1.165, 1.54) is 0 Å². The van der Waals surface area contributed by atoms with Gasteiger partial charge in [0.2, 0.25) is 0 Å². The van der Waals surface area contributed by atoms with Crippen molar-refractivity contribution in [3.63, 3.8) is 0 Å². The summed E-state index contributed by atoms with van der Waals surface area (Å²) in [5.41, 5.74) is 9.28. The van der Waals surface area contributed by atoms with Gasteiger partial charge in [0, 0.05) is 31.4 Å². The number of aryl methyl sites for hydroxylation is 1. The molecule has 0 bridgehead atoms. The van der Waals surface area contributed by atoms with Crippen molar-refractivity contribution in [1.29, 1.82) is 0 Å². The van der Waals surface area contributed by atoms with Crippen molar-refractivity contribution in [2.45, 2.75) is 25.2 Å². The van der Waals surface area contributed by atoms with Gasteiger partial charge in [-0.05, 0) is 48.0 Å². The molecule has 136 valence electrons. The quantitative estimate of drug-likeness (QED) is 0.833. The highest BCUT2D eigenvalue weighted by Crippen LogP contribution is 2.45. The molecule has 26 heavy (non-hydrogen) atoms. The topological polar surface area (TPSA) is 58.8 Å². The van der Waals surface area contributed by atoms with Gasteiger partial charge in [-0.3, -0.25) is 4.79 Å². The molecule has 2 N–H and O–H groups in total. The summed E-state index contributed by atoms with van der Waals surface area (Å²) in [6.07, 6.45) is 9.07. The molecule has 1 amide bonds. The number of nitrogens with zero attached hydrogens (tertiary/aromatic N) is 2. The van der Waals surface area contributed by atoms with Crippen molar-refractivity contribution in [3.8, 4) is 5.75 Å². The summed E-state index contributed by atoms with van der Waals surface area (Å²) < 4.78 is 5.34. The fourth-order valence-corrected chi connectivity index (χ4v) is 5.07. The highest BCUT2D eigenvalue weighted by Gasteiger charge is 2.30. The van der Waals surface area contributed by atoms with Gasteiger partial charge in [-0.2, -0.15) is 0 Å². The van der Waals surface area contributed by atoms with Gasteiger partial charge in [-0.1, -0.05) is 20.7 Å². The summed E-state index contributed by atoms with van der Waals surface area (Å²) in [6, 6.07) is 6.33. The largest absolute Gasteiger partial charge is 0.496 e. The van der Waals surface area contributed by atoms with Crippen LogP contribution in [0.1, 0.15) is 17.5 Å². The molecular formula is C20H24N3O2P. The molecule has 0 spiro atoms. The molecule has 3 aliphatic heterocycles. The zero-order valence-corrected chi connectivity index (χ0v) is 16.1. The third-order valence-corrected chi connectivity index (χ3v) is 6.65. The van der Waals surface area contributed by atoms with E-state index in [0.29, 0.717) is 8.58 Å². The van der Waals surface area contributed by atoms with Crippen molar-refractivity contribution in [2.75, 3.05) is 20.2 Å². The maximum absolute atomic E-state index is 12.8. The Morgan fingerprint density at radius 1 is 1.35 bits per heavy atom. The summed E-state index contributed by atoms with van der Waals surface area (Å²) >= 11 is 0. The number of benzene rings is 1. The molecule has 6 heteroatoms. The zero-order chi connectivity index (χ0) is 18.3. The molecule has 1 aromatic carbocycles. The Morgan fingerprint density at radius 2 is 2.19 bits per heavy atom. The molecule has 5 nitrogen and oxygen atoms in total. The minimum atomic E-state index is 0.0440. The highest BCUT2D eigenvalue weighted by molar-refractivity contribution is 7.51. The van der Waals surface area contributed by atoms with E-state index in [9.17, 15) is 4.79 Å². The Labute approximate surface area is 156 Å². The Hall–Kier alpha value is -2.10. The van der Waals surface area contributed by atoms with Gasteiger partial charge < -0.3 is 20.3 Å². The summed E-state index contributed by atoms with van der Waals surface area (Å²) in [6.45, 7) is 3.84. The lowest BCUT2D eigenvalue weighted by atomic mass is 10.1. The van der Waals surface area contributed by atoms with Crippen LogP contribution in [-0.2, 0) is 4.79 Å². The van der Waals surface area contributed by atoms with Gasteiger partial charge in [-0.15, -0.1) is 0 Å². The monoisotopic (exact) mass is 369 g/mol. The number of likely N-dealkylation sites (tertiary alicyclic amines) is 1. The van der Waals surface area contributed by atoms with E-state index in [1.807, 2.05) is 30.2 Å². The van der Waals surface area contributed by atoms with E-state index in [2.05, 4.69) is 23.1 Å². The normalized spacial score (nSPS) is 26.0. The highest BCUT2D eigenvalue weighted by atomic mass is 31.1. The third kappa shape index (κ3) is 3.17. The molecular weight excluding hydrogens is 345 g/mol. The molecule has 0 radical (unpaired) electrons. The van der Waals surface area contributed by atoms with Crippen LogP contribution >= 0.6 is 8.58 Å². The molecule has 0 aliphatic carbocycles. The minimum Gasteiger partial charge on any atom is -0.496 e. The van der Waals surface area contributed by atoms with Crippen LogP contribution in [0.5, 0.6) is 5.75 Å². The molecule has 1 fully saturated rings. The van der Waals surface area contributed by atoms with Crippen molar-refractivity contribution in [2.24, 2.45) is 5.73 Å². The first kappa shape index (κ1) is 17.3. The lowest BCUT2D eigenvalue weighted by molar-refractivity contribution is -0.123. The van der Waals surface area contributed by atoms with Crippen LogP contribution in [0.15, 0.2) is 48.3 Å². The fourth-order valence-electron chi connectivity index (χ4n) is 3.69. The second-order valence-corrected chi connectivity index (χ2v) is 8.40.